The van der Waals surface area contributed by atoms with Crippen LogP contribution in [0.15, 0.2) is 24.5 Å². The molecule has 0 spiro atoms. The number of nitrogens with zero attached hydrogens (tertiary/aromatic N) is 3. The number of aromatic nitrogens is 3. The van der Waals surface area contributed by atoms with Crippen LogP contribution in [-0.4, -0.2) is 21.3 Å². The van der Waals surface area contributed by atoms with Crippen LogP contribution in [0.1, 0.15) is 17.0 Å². The number of nitrogens with two attached hydrogens (primary N) is 1. The predicted octanol–water partition coefficient (Wildman–Crippen LogP) is 1.20. The number of aryl methyl sites for hydroxylation is 2. The lowest BCUT2D eigenvalue weighted by Crippen LogP contribution is -2.08. The molecule has 0 saturated carbocycles. The van der Waals surface area contributed by atoms with Crippen LogP contribution in [0, 0.1) is 6.92 Å². The summed E-state index contributed by atoms with van der Waals surface area (Å²) in [7, 11) is 1.89. The average molecular weight is 246 g/mol. The van der Waals surface area contributed by atoms with E-state index in [0.717, 1.165) is 29.1 Å². The molecule has 2 aromatic heterocycles. The van der Waals surface area contributed by atoms with Crippen molar-refractivity contribution in [2.24, 2.45) is 12.8 Å². The van der Waals surface area contributed by atoms with Crippen LogP contribution < -0.4 is 10.5 Å². The highest BCUT2D eigenvalue weighted by atomic mass is 16.5. The lowest BCUT2D eigenvalue weighted by atomic mass is 10.2. The summed E-state index contributed by atoms with van der Waals surface area (Å²) < 4.78 is 7.53. The molecule has 0 amide bonds. The third kappa shape index (κ3) is 3.07. The van der Waals surface area contributed by atoms with Gasteiger partial charge in [-0.05, 0) is 25.6 Å². The van der Waals surface area contributed by atoms with E-state index in [0.29, 0.717) is 13.2 Å². The molecule has 2 heterocycles. The Morgan fingerprint density at radius 3 is 2.89 bits per heavy atom. The Kier molecular flexibility index (Phi) is 3.94. The number of hydrogen-bond donors (Lipinski definition) is 1. The monoisotopic (exact) mass is 246 g/mol. The predicted molar refractivity (Wildman–Crippen MR) is 69.3 cm³/mol. The summed E-state index contributed by atoms with van der Waals surface area (Å²) in [5.74, 6) is 0.801. The minimum Gasteiger partial charge on any atom is -0.487 e. The normalized spacial score (nSPS) is 10.6. The van der Waals surface area contributed by atoms with Crippen LogP contribution in [0.5, 0.6) is 5.75 Å². The molecule has 0 unspecified atom stereocenters. The first kappa shape index (κ1) is 12.6. The fourth-order valence-electron chi connectivity index (χ4n) is 1.75. The minimum absolute atomic E-state index is 0.496. The lowest BCUT2D eigenvalue weighted by molar-refractivity contribution is 0.301. The topological polar surface area (TPSA) is 66.0 Å². The Labute approximate surface area is 107 Å². The number of rotatable bonds is 5. The molecule has 2 rings (SSSR count). The first-order valence-corrected chi connectivity index (χ1v) is 5.96. The van der Waals surface area contributed by atoms with Gasteiger partial charge in [0.1, 0.15) is 12.4 Å². The SMILES string of the molecule is Cc1ccc(OCc2cnn(C)c2)c(CCN)n1. The maximum atomic E-state index is 5.77. The first-order chi connectivity index (χ1) is 8.69. The van der Waals surface area contributed by atoms with Crippen LogP contribution in [0.2, 0.25) is 0 Å². The van der Waals surface area contributed by atoms with Crippen molar-refractivity contribution in [3.8, 4) is 5.75 Å². The van der Waals surface area contributed by atoms with Gasteiger partial charge in [-0.2, -0.15) is 5.10 Å². The molecule has 18 heavy (non-hydrogen) atoms. The minimum atomic E-state index is 0.496. The molecule has 5 nitrogen and oxygen atoms in total. The van der Waals surface area contributed by atoms with E-state index in [2.05, 4.69) is 10.1 Å². The molecule has 0 aliphatic carbocycles. The summed E-state index contributed by atoms with van der Waals surface area (Å²) in [6, 6.07) is 3.89. The van der Waals surface area contributed by atoms with E-state index in [4.69, 9.17) is 10.5 Å². The van der Waals surface area contributed by atoms with Crippen LogP contribution in [0.4, 0.5) is 0 Å². The average Bonchev–Trinajstić information content (AvgIpc) is 2.75. The van der Waals surface area contributed by atoms with Gasteiger partial charge in [-0.25, -0.2) is 0 Å². The molecule has 0 saturated heterocycles. The van der Waals surface area contributed by atoms with Gasteiger partial charge in [0.2, 0.25) is 0 Å². The van der Waals surface area contributed by atoms with Gasteiger partial charge in [-0.1, -0.05) is 0 Å². The van der Waals surface area contributed by atoms with E-state index in [1.807, 2.05) is 32.3 Å². The Morgan fingerprint density at radius 2 is 2.22 bits per heavy atom. The molecule has 2 N–H and O–H groups in total. The maximum absolute atomic E-state index is 5.77. The van der Waals surface area contributed by atoms with Gasteiger partial charge in [-0.15, -0.1) is 0 Å². The number of ether oxygens (including phenoxy) is 1. The molecule has 0 fully saturated rings. The molecule has 96 valence electrons. The Bertz CT molecular complexity index is 521. The zero-order chi connectivity index (χ0) is 13.0. The Balaban J connectivity index is 2.08. The molecular formula is C13H18N4O. The van der Waals surface area contributed by atoms with Crippen molar-refractivity contribution in [2.75, 3.05) is 6.54 Å². The molecule has 5 heteroatoms. The van der Waals surface area contributed by atoms with Crippen molar-refractivity contribution in [1.82, 2.24) is 14.8 Å². The second kappa shape index (κ2) is 5.64. The molecular weight excluding hydrogens is 228 g/mol. The van der Waals surface area contributed by atoms with E-state index in [9.17, 15) is 0 Å². The van der Waals surface area contributed by atoms with Gasteiger partial charge >= 0.3 is 0 Å². The van der Waals surface area contributed by atoms with Gasteiger partial charge < -0.3 is 10.5 Å². The maximum Gasteiger partial charge on any atom is 0.141 e. The summed E-state index contributed by atoms with van der Waals surface area (Å²) in [5, 5.41) is 4.10. The Hall–Kier alpha value is -1.88. The highest BCUT2D eigenvalue weighted by Crippen LogP contribution is 2.18. The standard InChI is InChI=1S/C13H18N4O/c1-10-3-4-13(12(16-10)5-6-14)18-9-11-7-15-17(2)8-11/h3-4,7-8H,5-6,9,14H2,1-2H3. The van der Waals surface area contributed by atoms with E-state index >= 15 is 0 Å². The van der Waals surface area contributed by atoms with E-state index < -0.39 is 0 Å². The Morgan fingerprint density at radius 1 is 1.39 bits per heavy atom. The molecule has 0 aliphatic heterocycles. The molecule has 2 aromatic rings. The summed E-state index contributed by atoms with van der Waals surface area (Å²) in [6.45, 7) is 3.03. The van der Waals surface area contributed by atoms with E-state index in [-0.39, 0.29) is 0 Å². The van der Waals surface area contributed by atoms with Gasteiger partial charge in [0.05, 0.1) is 11.9 Å². The zero-order valence-corrected chi connectivity index (χ0v) is 10.8. The first-order valence-electron chi connectivity index (χ1n) is 5.96. The van der Waals surface area contributed by atoms with Crippen LogP contribution in [-0.2, 0) is 20.1 Å². The number of pyridine rings is 1. The number of hydrogen-bond acceptors (Lipinski definition) is 4. The fourth-order valence-corrected chi connectivity index (χ4v) is 1.75. The molecule has 0 radical (unpaired) electrons. The van der Waals surface area contributed by atoms with Crippen molar-refractivity contribution in [3.05, 3.63) is 41.5 Å². The van der Waals surface area contributed by atoms with Crippen molar-refractivity contribution >= 4 is 0 Å². The third-order valence-corrected chi connectivity index (χ3v) is 2.61. The highest BCUT2D eigenvalue weighted by Gasteiger charge is 2.06. The van der Waals surface area contributed by atoms with Gasteiger partial charge in [0, 0.05) is 30.9 Å². The van der Waals surface area contributed by atoms with Crippen LogP contribution in [0.3, 0.4) is 0 Å². The quantitative estimate of drug-likeness (QED) is 0.861. The zero-order valence-electron chi connectivity index (χ0n) is 10.8. The summed E-state index contributed by atoms with van der Waals surface area (Å²) in [5.41, 5.74) is 8.52. The van der Waals surface area contributed by atoms with Crippen molar-refractivity contribution in [3.63, 3.8) is 0 Å². The highest BCUT2D eigenvalue weighted by molar-refractivity contribution is 5.29. The summed E-state index contributed by atoms with van der Waals surface area (Å²) in [6.07, 6.45) is 4.46. The van der Waals surface area contributed by atoms with Crippen LogP contribution in [0.25, 0.3) is 0 Å². The van der Waals surface area contributed by atoms with Crippen LogP contribution >= 0.6 is 0 Å². The van der Waals surface area contributed by atoms with Crippen molar-refractivity contribution in [2.45, 2.75) is 20.0 Å². The smallest absolute Gasteiger partial charge is 0.141 e. The van der Waals surface area contributed by atoms with E-state index in [1.165, 1.54) is 0 Å². The molecule has 0 aromatic carbocycles. The summed E-state index contributed by atoms with van der Waals surface area (Å²) >= 11 is 0. The second-order valence-corrected chi connectivity index (χ2v) is 4.25. The summed E-state index contributed by atoms with van der Waals surface area (Å²) in [4.78, 5) is 4.45. The largest absolute Gasteiger partial charge is 0.487 e. The van der Waals surface area contributed by atoms with Gasteiger partial charge in [0.15, 0.2) is 0 Å². The van der Waals surface area contributed by atoms with Gasteiger partial charge in [-0.3, -0.25) is 9.67 Å². The molecule has 0 aliphatic rings. The lowest BCUT2D eigenvalue weighted by Gasteiger charge is -2.10. The van der Waals surface area contributed by atoms with E-state index in [1.54, 1.807) is 10.9 Å². The van der Waals surface area contributed by atoms with Crippen molar-refractivity contribution < 1.29 is 4.74 Å². The second-order valence-electron chi connectivity index (χ2n) is 4.25. The molecule has 0 bridgehead atoms. The molecule has 0 atom stereocenters. The third-order valence-electron chi connectivity index (χ3n) is 2.61. The fraction of sp³-hybridized carbons (Fsp3) is 0.385. The van der Waals surface area contributed by atoms with Crippen molar-refractivity contribution in [1.29, 1.82) is 0 Å². The van der Waals surface area contributed by atoms with Gasteiger partial charge in [0.25, 0.3) is 0 Å².